The number of rotatable bonds is 8. The SMILES string of the molecule is COC(=O)/C=C/c1cc(C(=O)NCc2ccc(C)cc2)cc(-c2ccc(CN3CCOCC3)c(F)c2)c1. The van der Waals surface area contributed by atoms with Crippen molar-refractivity contribution in [1.82, 2.24) is 10.2 Å². The van der Waals surface area contributed by atoms with Gasteiger partial charge in [0.1, 0.15) is 5.82 Å². The molecule has 4 rings (SSSR count). The third-order valence-electron chi connectivity index (χ3n) is 6.29. The number of amides is 1. The molecule has 0 bridgehead atoms. The number of nitrogens with one attached hydrogen (secondary N) is 1. The van der Waals surface area contributed by atoms with Gasteiger partial charge in [-0.25, -0.2) is 9.18 Å². The molecule has 37 heavy (non-hydrogen) atoms. The van der Waals surface area contributed by atoms with E-state index in [0.29, 0.717) is 54.1 Å². The molecule has 0 saturated carbocycles. The quantitative estimate of drug-likeness (QED) is 0.356. The van der Waals surface area contributed by atoms with Crippen molar-refractivity contribution in [3.05, 3.63) is 100 Å². The monoisotopic (exact) mass is 502 g/mol. The molecule has 0 radical (unpaired) electrons. The van der Waals surface area contributed by atoms with Crippen LogP contribution < -0.4 is 5.32 Å². The number of carbonyl (C=O) groups excluding carboxylic acids is 2. The zero-order valence-electron chi connectivity index (χ0n) is 21.1. The van der Waals surface area contributed by atoms with Crippen LogP contribution in [0.4, 0.5) is 4.39 Å². The number of nitrogens with zero attached hydrogens (tertiary/aromatic N) is 1. The molecule has 1 saturated heterocycles. The number of hydrogen-bond acceptors (Lipinski definition) is 5. The summed E-state index contributed by atoms with van der Waals surface area (Å²) >= 11 is 0. The average molecular weight is 503 g/mol. The van der Waals surface area contributed by atoms with Gasteiger partial charge in [0.05, 0.1) is 20.3 Å². The van der Waals surface area contributed by atoms with Gasteiger partial charge in [0, 0.05) is 43.4 Å². The first-order valence-corrected chi connectivity index (χ1v) is 12.2. The lowest BCUT2D eigenvalue weighted by molar-refractivity contribution is -0.134. The van der Waals surface area contributed by atoms with Crippen LogP contribution >= 0.6 is 0 Å². The predicted molar refractivity (Wildman–Crippen MR) is 141 cm³/mol. The molecule has 192 valence electrons. The average Bonchev–Trinajstić information content (AvgIpc) is 2.92. The highest BCUT2D eigenvalue weighted by Gasteiger charge is 2.15. The van der Waals surface area contributed by atoms with Crippen LogP contribution in [0.25, 0.3) is 17.2 Å². The standard InChI is InChI=1S/C30H31FN2O4/c1-21-3-5-22(6-4-21)19-32-30(35)27-16-23(7-10-29(34)36-2)15-26(17-27)24-8-9-25(28(31)18-24)20-33-11-13-37-14-12-33/h3-10,15-18H,11-14,19-20H2,1-2H3,(H,32,35)/b10-7+. The highest BCUT2D eigenvalue weighted by Crippen LogP contribution is 2.26. The maximum absolute atomic E-state index is 15.1. The molecule has 1 amide bonds. The Morgan fingerprint density at radius 2 is 1.78 bits per heavy atom. The van der Waals surface area contributed by atoms with E-state index in [2.05, 4.69) is 15.0 Å². The van der Waals surface area contributed by atoms with Gasteiger partial charge in [0.25, 0.3) is 5.91 Å². The van der Waals surface area contributed by atoms with Crippen molar-refractivity contribution >= 4 is 18.0 Å². The molecule has 1 fully saturated rings. The van der Waals surface area contributed by atoms with Gasteiger partial charge in [0.2, 0.25) is 0 Å². The van der Waals surface area contributed by atoms with E-state index < -0.39 is 5.97 Å². The first-order chi connectivity index (χ1) is 17.9. The summed E-state index contributed by atoms with van der Waals surface area (Å²) in [4.78, 5) is 26.8. The summed E-state index contributed by atoms with van der Waals surface area (Å²) in [5.74, 6) is -1.07. The van der Waals surface area contributed by atoms with Crippen LogP contribution in [-0.4, -0.2) is 50.2 Å². The number of methoxy groups -OCH3 is 1. The van der Waals surface area contributed by atoms with Gasteiger partial charge < -0.3 is 14.8 Å². The number of aryl methyl sites for hydroxylation is 1. The molecule has 0 atom stereocenters. The molecule has 1 heterocycles. The van der Waals surface area contributed by atoms with E-state index in [1.165, 1.54) is 19.3 Å². The lowest BCUT2D eigenvalue weighted by Crippen LogP contribution is -2.35. The minimum absolute atomic E-state index is 0.264. The highest BCUT2D eigenvalue weighted by atomic mass is 19.1. The number of morpholine rings is 1. The summed E-state index contributed by atoms with van der Waals surface area (Å²) in [5.41, 5.74) is 5.09. The Morgan fingerprint density at radius 3 is 2.49 bits per heavy atom. The van der Waals surface area contributed by atoms with Crippen LogP contribution in [0.15, 0.2) is 66.7 Å². The van der Waals surface area contributed by atoms with Crippen LogP contribution in [0.2, 0.25) is 0 Å². The maximum Gasteiger partial charge on any atom is 0.330 e. The Balaban J connectivity index is 1.59. The van der Waals surface area contributed by atoms with Crippen molar-refractivity contribution < 1.29 is 23.5 Å². The molecule has 1 aliphatic rings. The smallest absolute Gasteiger partial charge is 0.330 e. The van der Waals surface area contributed by atoms with Gasteiger partial charge in [-0.15, -0.1) is 0 Å². The number of carbonyl (C=O) groups is 2. The van der Waals surface area contributed by atoms with E-state index in [1.807, 2.05) is 43.3 Å². The zero-order valence-corrected chi connectivity index (χ0v) is 21.1. The lowest BCUT2D eigenvalue weighted by Gasteiger charge is -2.26. The molecule has 3 aromatic rings. The third kappa shape index (κ3) is 7.35. The van der Waals surface area contributed by atoms with E-state index in [0.717, 1.165) is 24.2 Å². The fraction of sp³-hybridized carbons (Fsp3) is 0.267. The number of esters is 1. The Hall–Kier alpha value is -3.81. The summed E-state index contributed by atoms with van der Waals surface area (Å²) in [6, 6.07) is 18.3. The van der Waals surface area contributed by atoms with Gasteiger partial charge in [0.15, 0.2) is 0 Å². The third-order valence-corrected chi connectivity index (χ3v) is 6.29. The molecule has 0 unspecified atom stereocenters. The molecule has 6 nitrogen and oxygen atoms in total. The van der Waals surface area contributed by atoms with Crippen molar-refractivity contribution in [2.45, 2.75) is 20.0 Å². The van der Waals surface area contributed by atoms with Gasteiger partial charge in [-0.3, -0.25) is 9.69 Å². The van der Waals surface area contributed by atoms with Crippen LogP contribution in [0, 0.1) is 12.7 Å². The van der Waals surface area contributed by atoms with Crippen LogP contribution in [0.1, 0.15) is 32.6 Å². The van der Waals surface area contributed by atoms with Crippen molar-refractivity contribution in [3.63, 3.8) is 0 Å². The molecule has 1 N–H and O–H groups in total. The molecule has 0 aliphatic carbocycles. The molecule has 0 aromatic heterocycles. The molecular formula is C30H31FN2O4. The fourth-order valence-electron chi connectivity index (χ4n) is 4.12. The molecule has 3 aromatic carbocycles. The van der Waals surface area contributed by atoms with Crippen molar-refractivity contribution in [3.8, 4) is 11.1 Å². The molecule has 1 aliphatic heterocycles. The Bertz CT molecular complexity index is 1280. The Morgan fingerprint density at radius 1 is 1.03 bits per heavy atom. The van der Waals surface area contributed by atoms with Crippen LogP contribution in [0.3, 0.4) is 0 Å². The summed E-state index contributed by atoms with van der Waals surface area (Å²) < 4.78 is 25.1. The van der Waals surface area contributed by atoms with Crippen molar-refractivity contribution in [2.75, 3.05) is 33.4 Å². The maximum atomic E-state index is 15.1. The number of benzene rings is 3. The molecular weight excluding hydrogens is 471 g/mol. The summed E-state index contributed by atoms with van der Waals surface area (Å²) in [7, 11) is 1.30. The second-order valence-corrected chi connectivity index (χ2v) is 9.06. The minimum Gasteiger partial charge on any atom is -0.466 e. The van der Waals surface area contributed by atoms with E-state index in [-0.39, 0.29) is 11.7 Å². The zero-order chi connectivity index (χ0) is 26.2. The van der Waals surface area contributed by atoms with E-state index in [4.69, 9.17) is 4.74 Å². The predicted octanol–water partition coefficient (Wildman–Crippen LogP) is 4.75. The van der Waals surface area contributed by atoms with Gasteiger partial charge >= 0.3 is 5.97 Å². The Labute approximate surface area is 216 Å². The van der Waals surface area contributed by atoms with Crippen LogP contribution in [-0.2, 0) is 27.4 Å². The van der Waals surface area contributed by atoms with Gasteiger partial charge in [-0.1, -0.05) is 42.0 Å². The first kappa shape index (κ1) is 26.3. The Kier molecular flexibility index (Phi) is 8.82. The minimum atomic E-state index is -0.505. The summed E-state index contributed by atoms with van der Waals surface area (Å²) in [5, 5.41) is 2.94. The summed E-state index contributed by atoms with van der Waals surface area (Å²) in [6.07, 6.45) is 2.87. The second-order valence-electron chi connectivity index (χ2n) is 9.06. The van der Waals surface area contributed by atoms with Crippen molar-refractivity contribution in [1.29, 1.82) is 0 Å². The fourth-order valence-corrected chi connectivity index (χ4v) is 4.12. The van der Waals surface area contributed by atoms with E-state index in [9.17, 15) is 9.59 Å². The van der Waals surface area contributed by atoms with Crippen LogP contribution in [0.5, 0.6) is 0 Å². The molecule has 7 heteroatoms. The second kappa shape index (κ2) is 12.4. The number of hydrogen-bond donors (Lipinski definition) is 1. The van der Waals surface area contributed by atoms with Gasteiger partial charge in [-0.05, 0) is 59.5 Å². The van der Waals surface area contributed by atoms with E-state index in [1.54, 1.807) is 24.3 Å². The highest BCUT2D eigenvalue weighted by molar-refractivity contribution is 5.97. The normalized spacial score (nSPS) is 14.0. The van der Waals surface area contributed by atoms with Gasteiger partial charge in [-0.2, -0.15) is 0 Å². The lowest BCUT2D eigenvalue weighted by atomic mass is 9.97. The largest absolute Gasteiger partial charge is 0.466 e. The number of halogens is 1. The van der Waals surface area contributed by atoms with E-state index >= 15 is 4.39 Å². The number of ether oxygens (including phenoxy) is 2. The topological polar surface area (TPSA) is 67.9 Å². The molecule has 0 spiro atoms. The first-order valence-electron chi connectivity index (χ1n) is 12.2. The van der Waals surface area contributed by atoms with Crippen molar-refractivity contribution in [2.24, 2.45) is 0 Å². The summed E-state index contributed by atoms with van der Waals surface area (Å²) in [6.45, 7) is 5.76.